The predicted octanol–water partition coefficient (Wildman–Crippen LogP) is -1.34. The summed E-state index contributed by atoms with van der Waals surface area (Å²) in [5, 5.41) is 13.0. The number of amides is 1. The molecule has 0 unspecified atom stereocenters. The first-order valence-electron chi connectivity index (χ1n) is 7.95. The Hall–Kier alpha value is -2.15. The Balaban J connectivity index is 1.88. The molecule has 1 amide bonds. The lowest BCUT2D eigenvalue weighted by Gasteiger charge is -2.34. The van der Waals surface area contributed by atoms with Crippen molar-refractivity contribution >= 4 is 23.4 Å². The summed E-state index contributed by atoms with van der Waals surface area (Å²) in [5.74, 6) is -0.701. The van der Waals surface area contributed by atoms with Gasteiger partial charge < -0.3 is 25.0 Å². The number of carbonyl (C=O) groups excluding carboxylic acids is 2. The van der Waals surface area contributed by atoms with E-state index in [4.69, 9.17) is 0 Å². The molecule has 1 aliphatic rings. The van der Waals surface area contributed by atoms with Crippen LogP contribution < -0.4 is 20.2 Å². The largest absolute Gasteiger partial charge is 0.550 e. The number of aromatic nitrogens is 1. The van der Waals surface area contributed by atoms with E-state index in [1.165, 1.54) is 13.1 Å². The number of carboxylic acid groups (broad SMARTS) is 1. The van der Waals surface area contributed by atoms with Gasteiger partial charge in [0.15, 0.2) is 0 Å². The number of rotatable bonds is 6. The smallest absolute Gasteiger partial charge is 0.224 e. The van der Waals surface area contributed by atoms with Crippen molar-refractivity contribution in [2.75, 3.05) is 37.4 Å². The van der Waals surface area contributed by atoms with Crippen LogP contribution in [0.3, 0.4) is 0 Å². The molecular formula is C16H24N4O3. The molecule has 1 saturated heterocycles. The summed E-state index contributed by atoms with van der Waals surface area (Å²) in [6.45, 7) is 2.34. The lowest BCUT2D eigenvalue weighted by atomic mass is 10.0. The highest BCUT2D eigenvalue weighted by Crippen LogP contribution is 2.18. The minimum Gasteiger partial charge on any atom is -0.550 e. The maximum Gasteiger partial charge on any atom is 0.224 e. The van der Waals surface area contributed by atoms with E-state index in [1.54, 1.807) is 17.2 Å². The molecule has 7 nitrogen and oxygen atoms in total. The first-order chi connectivity index (χ1) is 11.0. The van der Waals surface area contributed by atoms with Crippen LogP contribution in [0.1, 0.15) is 25.7 Å². The minimum atomic E-state index is -1.23. The number of piperidine rings is 1. The minimum absolute atomic E-state index is 0.0953. The quantitative estimate of drug-likeness (QED) is 0.677. The van der Waals surface area contributed by atoms with Gasteiger partial charge in [-0.25, -0.2) is 4.98 Å². The first-order valence-corrected chi connectivity index (χ1v) is 7.95. The highest BCUT2D eigenvalue weighted by atomic mass is 16.4. The second-order valence-electron chi connectivity index (χ2n) is 6.12. The van der Waals surface area contributed by atoms with Crippen molar-refractivity contribution in [2.24, 2.45) is 0 Å². The summed E-state index contributed by atoms with van der Waals surface area (Å²) in [6, 6.07) is 4.16. The van der Waals surface area contributed by atoms with Crippen molar-refractivity contribution in [3.63, 3.8) is 0 Å². The maximum atomic E-state index is 11.6. The third-order valence-corrected chi connectivity index (χ3v) is 4.31. The Morgan fingerprint density at radius 1 is 1.35 bits per heavy atom. The number of nitrogens with one attached hydrogen (secondary N) is 2. The van der Waals surface area contributed by atoms with Gasteiger partial charge in [-0.2, -0.15) is 0 Å². The SMILES string of the molecule is CN(c1ccc(NC(=O)CCC(=O)[O-])cn1)C1CC[NH+](C)CC1. The van der Waals surface area contributed by atoms with Gasteiger partial charge in [-0.15, -0.1) is 0 Å². The van der Waals surface area contributed by atoms with Gasteiger partial charge in [-0.3, -0.25) is 4.79 Å². The number of aliphatic carboxylic acids is 1. The topological polar surface area (TPSA) is 89.8 Å². The summed E-state index contributed by atoms with van der Waals surface area (Å²) in [4.78, 5) is 30.1. The Bertz CT molecular complexity index is 539. The van der Waals surface area contributed by atoms with Crippen LogP contribution in [0.2, 0.25) is 0 Å². The van der Waals surface area contributed by atoms with Crippen molar-refractivity contribution in [3.05, 3.63) is 18.3 Å². The van der Waals surface area contributed by atoms with E-state index < -0.39 is 5.97 Å². The van der Waals surface area contributed by atoms with E-state index >= 15 is 0 Å². The van der Waals surface area contributed by atoms with E-state index in [1.807, 2.05) is 13.1 Å². The van der Waals surface area contributed by atoms with Crippen molar-refractivity contribution in [2.45, 2.75) is 31.7 Å². The molecule has 1 aromatic rings. The van der Waals surface area contributed by atoms with Gasteiger partial charge in [0.25, 0.3) is 0 Å². The monoisotopic (exact) mass is 320 g/mol. The standard InChI is InChI=1S/C16H24N4O3/c1-19-9-7-13(8-10-19)20(2)14-4-3-12(11-17-14)18-15(21)5-6-16(22)23/h3-4,11,13H,5-10H2,1-2H3,(H,18,21)(H,22,23). The van der Waals surface area contributed by atoms with E-state index in [-0.39, 0.29) is 18.7 Å². The van der Waals surface area contributed by atoms with Crippen LogP contribution in [0.15, 0.2) is 18.3 Å². The lowest BCUT2D eigenvalue weighted by Crippen LogP contribution is -3.10. The van der Waals surface area contributed by atoms with Gasteiger partial charge in [0.1, 0.15) is 5.82 Å². The number of anilines is 2. The molecule has 126 valence electrons. The number of likely N-dealkylation sites (tertiary alicyclic amines) is 1. The van der Waals surface area contributed by atoms with Crippen LogP contribution >= 0.6 is 0 Å². The molecule has 1 fully saturated rings. The molecule has 23 heavy (non-hydrogen) atoms. The average Bonchev–Trinajstić information content (AvgIpc) is 2.54. The molecule has 0 radical (unpaired) electrons. The van der Waals surface area contributed by atoms with Crippen LogP contribution in [-0.4, -0.2) is 50.1 Å². The Morgan fingerprint density at radius 2 is 2.04 bits per heavy atom. The summed E-state index contributed by atoms with van der Waals surface area (Å²) in [7, 11) is 4.26. The number of carbonyl (C=O) groups is 2. The van der Waals surface area contributed by atoms with E-state index in [9.17, 15) is 14.7 Å². The second kappa shape index (κ2) is 7.92. The molecule has 7 heteroatoms. The second-order valence-corrected chi connectivity index (χ2v) is 6.12. The number of pyridine rings is 1. The van der Waals surface area contributed by atoms with Crippen LogP contribution in [0.25, 0.3) is 0 Å². The number of hydrogen-bond acceptors (Lipinski definition) is 5. The highest BCUT2D eigenvalue weighted by molar-refractivity contribution is 5.92. The van der Waals surface area contributed by atoms with Gasteiger partial charge in [0.2, 0.25) is 5.91 Å². The number of hydrogen-bond donors (Lipinski definition) is 2. The van der Waals surface area contributed by atoms with Crippen LogP contribution in [0.5, 0.6) is 0 Å². The zero-order chi connectivity index (χ0) is 16.8. The summed E-state index contributed by atoms with van der Waals surface area (Å²) < 4.78 is 0. The summed E-state index contributed by atoms with van der Waals surface area (Å²) in [6.07, 6.45) is 3.51. The van der Waals surface area contributed by atoms with E-state index in [2.05, 4.69) is 22.2 Å². The van der Waals surface area contributed by atoms with Crippen molar-refractivity contribution < 1.29 is 19.6 Å². The van der Waals surface area contributed by atoms with Crippen molar-refractivity contribution in [3.8, 4) is 0 Å². The summed E-state index contributed by atoms with van der Waals surface area (Å²) >= 11 is 0. The van der Waals surface area contributed by atoms with Crippen molar-refractivity contribution in [1.29, 1.82) is 0 Å². The Morgan fingerprint density at radius 3 is 2.61 bits per heavy atom. The third-order valence-electron chi connectivity index (χ3n) is 4.31. The summed E-state index contributed by atoms with van der Waals surface area (Å²) in [5.41, 5.74) is 0.568. The number of nitrogens with zero attached hydrogens (tertiary/aromatic N) is 2. The fourth-order valence-electron chi connectivity index (χ4n) is 2.78. The van der Waals surface area contributed by atoms with Gasteiger partial charge in [-0.05, 0) is 18.6 Å². The molecule has 0 atom stereocenters. The third kappa shape index (κ3) is 5.21. The van der Waals surface area contributed by atoms with Gasteiger partial charge in [-0.1, -0.05) is 0 Å². The van der Waals surface area contributed by atoms with Gasteiger partial charge >= 0.3 is 0 Å². The zero-order valence-electron chi connectivity index (χ0n) is 13.7. The fourth-order valence-corrected chi connectivity index (χ4v) is 2.78. The fraction of sp³-hybridized carbons (Fsp3) is 0.562. The molecule has 0 saturated carbocycles. The Kier molecular flexibility index (Phi) is 5.92. The number of quaternary nitrogens is 1. The van der Waals surface area contributed by atoms with Gasteiger partial charge in [0, 0.05) is 38.3 Å². The van der Waals surface area contributed by atoms with Crippen LogP contribution in [0.4, 0.5) is 11.5 Å². The van der Waals surface area contributed by atoms with E-state index in [0.717, 1.165) is 18.7 Å². The van der Waals surface area contributed by atoms with Crippen LogP contribution in [0, 0.1) is 0 Å². The molecule has 0 aliphatic carbocycles. The lowest BCUT2D eigenvalue weighted by molar-refractivity contribution is -0.884. The normalized spacial score (nSPS) is 20.8. The predicted molar refractivity (Wildman–Crippen MR) is 85.2 cm³/mol. The molecule has 2 heterocycles. The molecular weight excluding hydrogens is 296 g/mol. The zero-order valence-corrected chi connectivity index (χ0v) is 13.7. The highest BCUT2D eigenvalue weighted by Gasteiger charge is 2.23. The van der Waals surface area contributed by atoms with Crippen molar-refractivity contribution in [1.82, 2.24) is 4.98 Å². The molecule has 2 N–H and O–H groups in total. The molecule has 0 bridgehead atoms. The number of carboxylic acids is 1. The van der Waals surface area contributed by atoms with Crippen LogP contribution in [-0.2, 0) is 9.59 Å². The first kappa shape index (κ1) is 17.2. The molecule has 1 aromatic heterocycles. The maximum absolute atomic E-state index is 11.6. The van der Waals surface area contributed by atoms with Gasteiger partial charge in [0.05, 0.1) is 32.0 Å². The average molecular weight is 320 g/mol. The molecule has 0 aromatic carbocycles. The molecule has 2 rings (SSSR count). The molecule has 0 spiro atoms. The van der Waals surface area contributed by atoms with E-state index in [0.29, 0.717) is 11.7 Å². The Labute approximate surface area is 136 Å². The molecule has 1 aliphatic heterocycles.